The van der Waals surface area contributed by atoms with E-state index in [-0.39, 0.29) is 24.5 Å². The average Bonchev–Trinajstić information content (AvgIpc) is 3.52. The summed E-state index contributed by atoms with van der Waals surface area (Å²) in [4.78, 5) is 31.1. The predicted molar refractivity (Wildman–Crippen MR) is 129 cm³/mol. The van der Waals surface area contributed by atoms with Gasteiger partial charge in [0.05, 0.1) is 13.2 Å². The van der Waals surface area contributed by atoms with E-state index >= 15 is 0 Å². The topological polar surface area (TPSA) is 71.1 Å². The lowest BCUT2D eigenvalue weighted by atomic mass is 10.0. The van der Waals surface area contributed by atoms with Gasteiger partial charge in [-0.1, -0.05) is 19.1 Å². The van der Waals surface area contributed by atoms with Crippen LogP contribution in [0.1, 0.15) is 42.7 Å². The third-order valence-corrected chi connectivity index (χ3v) is 7.19. The molecule has 3 amide bonds. The van der Waals surface area contributed by atoms with Gasteiger partial charge in [0.2, 0.25) is 5.91 Å². The Hall–Kier alpha value is -2.74. The number of ether oxygens (including phenoxy) is 2. The van der Waals surface area contributed by atoms with E-state index in [1.54, 1.807) is 23.3 Å². The Morgan fingerprint density at radius 3 is 2.73 bits per heavy atom. The van der Waals surface area contributed by atoms with Crippen molar-refractivity contribution < 1.29 is 19.1 Å². The fourth-order valence-electron chi connectivity index (χ4n) is 4.21. The summed E-state index contributed by atoms with van der Waals surface area (Å²) < 4.78 is 11.6. The van der Waals surface area contributed by atoms with E-state index in [1.165, 1.54) is 4.88 Å². The Morgan fingerprint density at radius 2 is 2.00 bits per heavy atom. The van der Waals surface area contributed by atoms with Gasteiger partial charge in [-0.25, -0.2) is 4.79 Å². The summed E-state index contributed by atoms with van der Waals surface area (Å²) in [6.45, 7) is 4.33. The first kappa shape index (κ1) is 23.4. The van der Waals surface area contributed by atoms with E-state index in [0.29, 0.717) is 43.7 Å². The maximum absolute atomic E-state index is 13.5. The van der Waals surface area contributed by atoms with Crippen LogP contribution in [0.5, 0.6) is 11.5 Å². The normalized spacial score (nSPS) is 17.3. The minimum absolute atomic E-state index is 0.0345. The first-order chi connectivity index (χ1) is 16.1. The van der Waals surface area contributed by atoms with Crippen LogP contribution in [-0.4, -0.2) is 61.6 Å². The Balaban J connectivity index is 1.48. The number of amides is 3. The number of carbonyl (C=O) groups is 2. The lowest BCUT2D eigenvalue weighted by molar-refractivity contribution is -0.135. The van der Waals surface area contributed by atoms with Crippen molar-refractivity contribution in [3.05, 3.63) is 46.2 Å². The highest BCUT2D eigenvalue weighted by molar-refractivity contribution is 7.10. The van der Waals surface area contributed by atoms with E-state index in [4.69, 9.17) is 9.47 Å². The van der Waals surface area contributed by atoms with Crippen LogP contribution in [0.15, 0.2) is 35.7 Å². The second-order valence-corrected chi connectivity index (χ2v) is 9.67. The van der Waals surface area contributed by atoms with Crippen molar-refractivity contribution in [3.8, 4) is 11.5 Å². The quantitative estimate of drug-likeness (QED) is 0.567. The first-order valence-electron chi connectivity index (χ1n) is 11.7. The molecule has 1 saturated carbocycles. The number of hydrogen-bond acceptors (Lipinski definition) is 5. The molecule has 1 fully saturated rings. The number of fused-ring (bicyclic) bond motifs is 1. The lowest BCUT2D eigenvalue weighted by Gasteiger charge is -2.37. The van der Waals surface area contributed by atoms with E-state index in [2.05, 4.69) is 16.8 Å². The zero-order valence-corrected chi connectivity index (χ0v) is 20.2. The molecule has 178 valence electrons. The molecular formula is C25H33N3O4S. The lowest BCUT2D eigenvalue weighted by Crippen LogP contribution is -2.50. The summed E-state index contributed by atoms with van der Waals surface area (Å²) in [6.07, 6.45) is 3.95. The fourth-order valence-corrected chi connectivity index (χ4v) is 5.14. The molecule has 2 aliphatic rings. The number of thiophene rings is 1. The molecule has 2 heterocycles. The highest BCUT2D eigenvalue weighted by Gasteiger charge is 2.35. The molecular weight excluding hydrogens is 438 g/mol. The van der Waals surface area contributed by atoms with Crippen LogP contribution >= 0.6 is 11.3 Å². The van der Waals surface area contributed by atoms with Crippen molar-refractivity contribution in [2.75, 3.05) is 39.9 Å². The second kappa shape index (κ2) is 10.9. The maximum Gasteiger partial charge on any atom is 0.317 e. The molecule has 1 aliphatic carbocycles. The van der Waals surface area contributed by atoms with E-state index in [0.717, 1.165) is 31.2 Å². The third-order valence-electron chi connectivity index (χ3n) is 6.20. The summed E-state index contributed by atoms with van der Waals surface area (Å²) in [5.41, 5.74) is 1.14. The molecule has 1 aromatic heterocycles. The number of nitrogens with one attached hydrogen (secondary N) is 1. The van der Waals surface area contributed by atoms with Crippen LogP contribution in [0.3, 0.4) is 0 Å². The van der Waals surface area contributed by atoms with Crippen LogP contribution < -0.4 is 14.8 Å². The van der Waals surface area contributed by atoms with Crippen LogP contribution in [0.4, 0.5) is 4.79 Å². The molecule has 0 radical (unpaired) electrons. The molecule has 1 atom stereocenters. The number of hydrogen-bond donors (Lipinski definition) is 1. The highest BCUT2D eigenvalue weighted by atomic mass is 32.1. The molecule has 33 heavy (non-hydrogen) atoms. The molecule has 0 bridgehead atoms. The summed E-state index contributed by atoms with van der Waals surface area (Å²) in [5, 5.41) is 5.01. The summed E-state index contributed by atoms with van der Waals surface area (Å²) in [5.74, 6) is 1.80. The zero-order valence-electron chi connectivity index (χ0n) is 19.4. The van der Waals surface area contributed by atoms with E-state index < -0.39 is 0 Å². The number of para-hydroxylation sites is 2. The van der Waals surface area contributed by atoms with Crippen molar-refractivity contribution >= 4 is 23.3 Å². The van der Waals surface area contributed by atoms with Gasteiger partial charge in [0, 0.05) is 24.5 Å². The maximum atomic E-state index is 13.5. The first-order valence-corrected chi connectivity index (χ1v) is 12.6. The molecule has 1 unspecified atom stereocenters. The van der Waals surface area contributed by atoms with Crippen molar-refractivity contribution in [1.82, 2.24) is 15.1 Å². The molecule has 1 aromatic carbocycles. The van der Waals surface area contributed by atoms with Crippen LogP contribution in [0.2, 0.25) is 0 Å². The van der Waals surface area contributed by atoms with Gasteiger partial charge in [-0.15, -0.1) is 11.3 Å². The van der Waals surface area contributed by atoms with Crippen molar-refractivity contribution in [1.29, 1.82) is 0 Å². The summed E-state index contributed by atoms with van der Waals surface area (Å²) in [7, 11) is 1.62. The van der Waals surface area contributed by atoms with Crippen molar-refractivity contribution in [3.63, 3.8) is 0 Å². The molecule has 0 spiro atoms. The number of methoxy groups -OCH3 is 1. The molecule has 0 saturated heterocycles. The van der Waals surface area contributed by atoms with Gasteiger partial charge in [-0.3, -0.25) is 4.79 Å². The Kier molecular flexibility index (Phi) is 7.75. The van der Waals surface area contributed by atoms with Gasteiger partial charge >= 0.3 is 6.03 Å². The molecule has 1 N–H and O–H groups in total. The monoisotopic (exact) mass is 471 g/mol. The largest absolute Gasteiger partial charge is 0.493 e. The average molecular weight is 472 g/mol. The van der Waals surface area contributed by atoms with Gasteiger partial charge in [-0.2, -0.15) is 0 Å². The number of rotatable bonds is 10. The van der Waals surface area contributed by atoms with Crippen molar-refractivity contribution in [2.45, 2.75) is 38.6 Å². The molecule has 8 heteroatoms. The van der Waals surface area contributed by atoms with Crippen LogP contribution in [-0.2, 0) is 11.2 Å². The SMILES string of the molecule is CCCNC(=O)N(CC(=O)N1CCc2sccc2C1COc1ccccc1OC)CC1CC1. The minimum atomic E-state index is -0.195. The Morgan fingerprint density at radius 1 is 1.21 bits per heavy atom. The number of benzene rings is 1. The van der Waals surface area contributed by atoms with Crippen LogP contribution in [0.25, 0.3) is 0 Å². The Bertz CT molecular complexity index is 959. The van der Waals surface area contributed by atoms with Gasteiger partial charge in [-0.05, 0) is 60.7 Å². The smallest absolute Gasteiger partial charge is 0.317 e. The van der Waals surface area contributed by atoms with E-state index in [1.807, 2.05) is 36.1 Å². The second-order valence-electron chi connectivity index (χ2n) is 8.67. The van der Waals surface area contributed by atoms with Crippen molar-refractivity contribution in [2.24, 2.45) is 5.92 Å². The summed E-state index contributed by atoms with van der Waals surface area (Å²) in [6, 6.07) is 9.29. The van der Waals surface area contributed by atoms with Gasteiger partial charge in [0.1, 0.15) is 13.2 Å². The standard InChI is InChI=1S/C25H33N3O4S/c1-3-12-26-25(30)27(15-18-8-9-18)16-24(29)28-13-10-23-19(11-14-33-23)20(28)17-32-22-7-5-4-6-21(22)31-2/h4-7,11,14,18,20H,3,8-10,12-13,15-17H2,1-2H3,(H,26,30). The number of carbonyl (C=O) groups excluding carboxylic acids is 2. The molecule has 7 nitrogen and oxygen atoms in total. The number of nitrogens with zero attached hydrogens (tertiary/aromatic N) is 2. The minimum Gasteiger partial charge on any atom is -0.493 e. The predicted octanol–water partition coefficient (Wildman–Crippen LogP) is 4.09. The third kappa shape index (κ3) is 5.79. The zero-order chi connectivity index (χ0) is 23.2. The Labute approximate surface area is 199 Å². The molecule has 2 aromatic rings. The highest BCUT2D eigenvalue weighted by Crippen LogP contribution is 2.35. The van der Waals surface area contributed by atoms with Gasteiger partial charge in [0.15, 0.2) is 11.5 Å². The molecule has 4 rings (SSSR count). The number of urea groups is 1. The van der Waals surface area contributed by atoms with E-state index in [9.17, 15) is 9.59 Å². The summed E-state index contributed by atoms with van der Waals surface area (Å²) >= 11 is 1.72. The van der Waals surface area contributed by atoms with Crippen LogP contribution in [0, 0.1) is 5.92 Å². The van der Waals surface area contributed by atoms with Gasteiger partial charge in [0.25, 0.3) is 0 Å². The molecule has 1 aliphatic heterocycles. The fraction of sp³-hybridized carbons (Fsp3) is 0.520. The van der Waals surface area contributed by atoms with Gasteiger partial charge < -0.3 is 24.6 Å².